The van der Waals surface area contributed by atoms with Crippen molar-refractivity contribution < 1.29 is 19.1 Å². The van der Waals surface area contributed by atoms with E-state index in [9.17, 15) is 9.59 Å². The predicted octanol–water partition coefficient (Wildman–Crippen LogP) is 2.77. The zero-order valence-corrected chi connectivity index (χ0v) is 13.4. The van der Waals surface area contributed by atoms with E-state index in [4.69, 9.17) is 9.47 Å². The summed E-state index contributed by atoms with van der Waals surface area (Å²) in [5.41, 5.74) is 1.18. The normalized spacial score (nSPS) is 11.1. The third-order valence-corrected chi connectivity index (χ3v) is 3.12. The number of benzene rings is 2. The molecule has 0 heterocycles. The summed E-state index contributed by atoms with van der Waals surface area (Å²) >= 11 is 0. The summed E-state index contributed by atoms with van der Waals surface area (Å²) in [6.45, 7) is 0. The summed E-state index contributed by atoms with van der Waals surface area (Å²) in [7, 11) is 2.48. The van der Waals surface area contributed by atoms with E-state index in [1.165, 1.54) is 14.2 Å². The standard InChI is InChI=1S/C18H18N2O4/c1-23-17(21)15(19-13-9-5-3-6-10-13)16(18(22)24-2)20-14-11-7-4-8-12-14/h3-12,19-20H,1-2H3/b16-15+. The topological polar surface area (TPSA) is 76.7 Å². The number of hydrogen-bond donors (Lipinski definition) is 2. The Kier molecular flexibility index (Phi) is 5.96. The van der Waals surface area contributed by atoms with Crippen LogP contribution < -0.4 is 10.6 Å². The average Bonchev–Trinajstić information content (AvgIpc) is 2.65. The highest BCUT2D eigenvalue weighted by Crippen LogP contribution is 2.17. The number of methoxy groups -OCH3 is 2. The second kappa shape index (κ2) is 8.38. The monoisotopic (exact) mass is 326 g/mol. The zero-order valence-electron chi connectivity index (χ0n) is 13.4. The summed E-state index contributed by atoms with van der Waals surface area (Å²) in [4.78, 5) is 24.4. The van der Waals surface area contributed by atoms with E-state index >= 15 is 0 Å². The Hall–Kier alpha value is -3.28. The molecule has 0 fully saturated rings. The van der Waals surface area contributed by atoms with Gasteiger partial charge in [0.2, 0.25) is 0 Å². The van der Waals surface area contributed by atoms with Gasteiger partial charge in [-0.05, 0) is 24.3 Å². The van der Waals surface area contributed by atoms with Gasteiger partial charge < -0.3 is 20.1 Å². The van der Waals surface area contributed by atoms with Crippen LogP contribution in [0, 0.1) is 0 Å². The number of esters is 2. The van der Waals surface area contributed by atoms with Crippen LogP contribution in [0.2, 0.25) is 0 Å². The minimum Gasteiger partial charge on any atom is -0.464 e. The van der Waals surface area contributed by atoms with Crippen LogP contribution in [0.25, 0.3) is 0 Å². The van der Waals surface area contributed by atoms with Gasteiger partial charge in [-0.15, -0.1) is 0 Å². The smallest absolute Gasteiger partial charge is 0.356 e. The fourth-order valence-electron chi connectivity index (χ4n) is 1.97. The largest absolute Gasteiger partial charge is 0.464 e. The van der Waals surface area contributed by atoms with E-state index < -0.39 is 11.9 Å². The van der Waals surface area contributed by atoms with Crippen LogP contribution in [-0.4, -0.2) is 26.2 Å². The van der Waals surface area contributed by atoms with E-state index in [1.54, 1.807) is 48.5 Å². The summed E-state index contributed by atoms with van der Waals surface area (Å²) in [5, 5.41) is 5.81. The molecule has 0 atom stereocenters. The Morgan fingerprint density at radius 3 is 1.29 bits per heavy atom. The van der Waals surface area contributed by atoms with Gasteiger partial charge in [-0.3, -0.25) is 0 Å². The SMILES string of the molecule is COC(=O)/C(Nc1ccccc1)=C(\Nc1ccccc1)C(=O)OC. The minimum absolute atomic E-state index is 0.0422. The molecule has 0 aromatic heterocycles. The maximum absolute atomic E-state index is 12.2. The quantitative estimate of drug-likeness (QED) is 0.628. The van der Waals surface area contributed by atoms with Gasteiger partial charge in [-0.2, -0.15) is 0 Å². The third kappa shape index (κ3) is 4.36. The first-order valence-electron chi connectivity index (χ1n) is 7.20. The van der Waals surface area contributed by atoms with Crippen molar-refractivity contribution in [2.45, 2.75) is 0 Å². The molecule has 0 spiro atoms. The van der Waals surface area contributed by atoms with Gasteiger partial charge in [0.1, 0.15) is 0 Å². The van der Waals surface area contributed by atoms with Crippen LogP contribution in [0.3, 0.4) is 0 Å². The third-order valence-electron chi connectivity index (χ3n) is 3.12. The molecule has 0 saturated heterocycles. The van der Waals surface area contributed by atoms with Crippen LogP contribution in [0.5, 0.6) is 0 Å². The van der Waals surface area contributed by atoms with Crippen LogP contribution in [0.1, 0.15) is 0 Å². The molecule has 0 amide bonds. The first kappa shape index (κ1) is 17.1. The summed E-state index contributed by atoms with van der Waals surface area (Å²) in [6, 6.07) is 18.0. The van der Waals surface area contributed by atoms with Crippen LogP contribution in [0.15, 0.2) is 72.1 Å². The van der Waals surface area contributed by atoms with E-state index in [0.717, 1.165) is 0 Å². The van der Waals surface area contributed by atoms with Crippen LogP contribution in [0.4, 0.5) is 11.4 Å². The Bertz CT molecular complexity index is 664. The Balaban J connectivity index is 2.46. The molecular formula is C18H18N2O4. The number of hydrogen-bond acceptors (Lipinski definition) is 6. The number of carbonyl (C=O) groups is 2. The van der Waals surface area contributed by atoms with Crippen molar-refractivity contribution in [3.63, 3.8) is 0 Å². The first-order valence-corrected chi connectivity index (χ1v) is 7.20. The fourth-order valence-corrected chi connectivity index (χ4v) is 1.97. The number of nitrogens with one attached hydrogen (secondary N) is 2. The van der Waals surface area contributed by atoms with E-state index in [2.05, 4.69) is 10.6 Å². The average molecular weight is 326 g/mol. The lowest BCUT2D eigenvalue weighted by Gasteiger charge is -2.16. The van der Waals surface area contributed by atoms with Crippen molar-refractivity contribution >= 4 is 23.3 Å². The van der Waals surface area contributed by atoms with Gasteiger partial charge in [0.25, 0.3) is 0 Å². The molecule has 0 aliphatic rings. The highest BCUT2D eigenvalue weighted by atomic mass is 16.5. The second-order valence-electron chi connectivity index (χ2n) is 4.72. The molecule has 0 aliphatic carbocycles. The van der Waals surface area contributed by atoms with Crippen molar-refractivity contribution in [2.24, 2.45) is 0 Å². The zero-order chi connectivity index (χ0) is 17.4. The fraction of sp³-hybridized carbons (Fsp3) is 0.111. The number of rotatable bonds is 6. The van der Waals surface area contributed by atoms with Crippen molar-refractivity contribution in [3.05, 3.63) is 72.1 Å². The number of anilines is 2. The predicted molar refractivity (Wildman–Crippen MR) is 91.2 cm³/mol. The van der Waals surface area contributed by atoms with Crippen molar-refractivity contribution in [1.82, 2.24) is 0 Å². The number of para-hydroxylation sites is 2. The minimum atomic E-state index is -0.692. The summed E-state index contributed by atoms with van der Waals surface area (Å²) in [6.07, 6.45) is 0. The molecule has 6 nitrogen and oxygen atoms in total. The second-order valence-corrected chi connectivity index (χ2v) is 4.72. The molecule has 0 saturated carbocycles. The van der Waals surface area contributed by atoms with E-state index in [-0.39, 0.29) is 11.4 Å². The van der Waals surface area contributed by atoms with Gasteiger partial charge >= 0.3 is 11.9 Å². The molecule has 124 valence electrons. The lowest BCUT2D eigenvalue weighted by molar-refractivity contribution is -0.139. The van der Waals surface area contributed by atoms with Gasteiger partial charge in [0, 0.05) is 11.4 Å². The van der Waals surface area contributed by atoms with Crippen molar-refractivity contribution in [3.8, 4) is 0 Å². The molecule has 2 N–H and O–H groups in total. The lowest BCUT2D eigenvalue weighted by Crippen LogP contribution is -2.24. The molecule has 6 heteroatoms. The maximum Gasteiger partial charge on any atom is 0.356 e. The van der Waals surface area contributed by atoms with Crippen LogP contribution >= 0.6 is 0 Å². The number of ether oxygens (including phenoxy) is 2. The molecule has 2 rings (SSSR count). The highest BCUT2D eigenvalue weighted by Gasteiger charge is 2.23. The first-order chi connectivity index (χ1) is 11.7. The van der Waals surface area contributed by atoms with Gasteiger partial charge in [-0.1, -0.05) is 36.4 Å². The van der Waals surface area contributed by atoms with Gasteiger partial charge in [0.05, 0.1) is 14.2 Å². The molecule has 0 aliphatic heterocycles. The molecule has 2 aromatic carbocycles. The summed E-state index contributed by atoms with van der Waals surface area (Å²) < 4.78 is 9.58. The Morgan fingerprint density at radius 2 is 1.00 bits per heavy atom. The number of carbonyl (C=O) groups excluding carboxylic acids is 2. The summed E-state index contributed by atoms with van der Waals surface area (Å²) in [5.74, 6) is -1.38. The molecule has 2 aromatic rings. The van der Waals surface area contributed by atoms with E-state index in [0.29, 0.717) is 11.4 Å². The van der Waals surface area contributed by atoms with Crippen molar-refractivity contribution in [1.29, 1.82) is 0 Å². The molecule has 0 bridgehead atoms. The molecular weight excluding hydrogens is 308 g/mol. The Morgan fingerprint density at radius 1 is 0.667 bits per heavy atom. The molecule has 0 radical (unpaired) electrons. The van der Waals surface area contributed by atoms with Crippen molar-refractivity contribution in [2.75, 3.05) is 24.9 Å². The highest BCUT2D eigenvalue weighted by molar-refractivity contribution is 6.04. The van der Waals surface area contributed by atoms with Crippen LogP contribution in [-0.2, 0) is 19.1 Å². The molecule has 0 unspecified atom stereocenters. The maximum atomic E-state index is 12.2. The Labute approximate surface area is 140 Å². The van der Waals surface area contributed by atoms with E-state index in [1.807, 2.05) is 12.1 Å². The van der Waals surface area contributed by atoms with Gasteiger partial charge in [-0.25, -0.2) is 9.59 Å². The molecule has 24 heavy (non-hydrogen) atoms. The lowest BCUT2D eigenvalue weighted by atomic mass is 10.2. The van der Waals surface area contributed by atoms with Gasteiger partial charge in [0.15, 0.2) is 11.4 Å².